The molecule has 2 nitrogen and oxygen atoms in total. The van der Waals surface area contributed by atoms with Crippen molar-refractivity contribution in [2.75, 3.05) is 12.8 Å². The van der Waals surface area contributed by atoms with Crippen LogP contribution in [-0.2, 0) is 10.8 Å². The molecule has 1 aromatic rings. The fourth-order valence-corrected chi connectivity index (χ4v) is 2.57. The molecular weight excluding hydrogens is 225 g/mol. The lowest BCUT2D eigenvalue weighted by atomic mass is 10.2. The molecule has 16 heavy (non-hydrogen) atoms. The summed E-state index contributed by atoms with van der Waals surface area (Å²) in [6, 6.07) is 6.68. The van der Waals surface area contributed by atoms with E-state index in [0.717, 1.165) is 12.8 Å². The third-order valence-corrected chi connectivity index (χ3v) is 4.02. The normalized spacial score (nSPS) is 14.7. The van der Waals surface area contributed by atoms with Gasteiger partial charge in [-0.1, -0.05) is 12.1 Å². The predicted molar refractivity (Wildman–Crippen MR) is 65.4 cm³/mol. The lowest BCUT2D eigenvalue weighted by molar-refractivity contribution is 0.556. The minimum atomic E-state index is -1.22. The minimum absolute atomic E-state index is 0.319. The van der Waals surface area contributed by atoms with Gasteiger partial charge in [0.2, 0.25) is 0 Å². The molecule has 0 spiro atoms. The summed E-state index contributed by atoms with van der Waals surface area (Å²) in [4.78, 5) is 0.319. The van der Waals surface area contributed by atoms with Crippen LogP contribution in [0.1, 0.15) is 19.8 Å². The van der Waals surface area contributed by atoms with Crippen molar-refractivity contribution in [1.82, 2.24) is 5.32 Å². The first-order valence-electron chi connectivity index (χ1n) is 5.45. The van der Waals surface area contributed by atoms with Crippen LogP contribution in [0.3, 0.4) is 0 Å². The summed E-state index contributed by atoms with van der Waals surface area (Å²) in [5.74, 6) is 0.148. The van der Waals surface area contributed by atoms with Crippen LogP contribution in [0, 0.1) is 5.82 Å². The Labute approximate surface area is 98.7 Å². The Bertz CT molecular complexity index is 357. The summed E-state index contributed by atoms with van der Waals surface area (Å²) in [7, 11) is 0.685. The van der Waals surface area contributed by atoms with Crippen molar-refractivity contribution in [1.29, 1.82) is 0 Å². The van der Waals surface area contributed by atoms with Crippen molar-refractivity contribution in [3.8, 4) is 0 Å². The van der Waals surface area contributed by atoms with Gasteiger partial charge in [0.25, 0.3) is 0 Å². The van der Waals surface area contributed by atoms with Crippen LogP contribution < -0.4 is 5.32 Å². The molecule has 0 amide bonds. The second-order valence-corrected chi connectivity index (χ2v) is 5.35. The highest BCUT2D eigenvalue weighted by molar-refractivity contribution is 7.85. The molecule has 1 rings (SSSR count). The fraction of sp³-hybridized carbons (Fsp3) is 0.500. The van der Waals surface area contributed by atoms with Gasteiger partial charge in [0.1, 0.15) is 5.82 Å². The summed E-state index contributed by atoms with van der Waals surface area (Å²) < 4.78 is 25.1. The van der Waals surface area contributed by atoms with Crippen molar-refractivity contribution in [2.45, 2.75) is 30.7 Å². The molecule has 0 heterocycles. The summed E-state index contributed by atoms with van der Waals surface area (Å²) in [5, 5.41) is 3.12. The summed E-state index contributed by atoms with van der Waals surface area (Å²) in [6.07, 6.45) is 1.79. The monoisotopic (exact) mass is 243 g/mol. The molecule has 2 atom stereocenters. The Morgan fingerprint density at radius 3 is 2.75 bits per heavy atom. The van der Waals surface area contributed by atoms with Crippen molar-refractivity contribution >= 4 is 10.8 Å². The zero-order valence-electron chi connectivity index (χ0n) is 9.70. The first-order valence-corrected chi connectivity index (χ1v) is 6.77. The molecule has 0 bridgehead atoms. The van der Waals surface area contributed by atoms with E-state index in [2.05, 4.69) is 12.2 Å². The second kappa shape index (κ2) is 6.76. The number of nitrogens with one attached hydrogen (secondary N) is 1. The van der Waals surface area contributed by atoms with E-state index >= 15 is 0 Å². The Morgan fingerprint density at radius 1 is 1.44 bits per heavy atom. The number of hydrogen-bond acceptors (Lipinski definition) is 2. The van der Waals surface area contributed by atoms with Gasteiger partial charge in [0, 0.05) is 11.8 Å². The lowest BCUT2D eigenvalue weighted by Crippen LogP contribution is -2.21. The summed E-state index contributed by atoms with van der Waals surface area (Å²) >= 11 is 0. The smallest absolute Gasteiger partial charge is 0.139 e. The van der Waals surface area contributed by atoms with E-state index in [1.807, 2.05) is 7.05 Å². The van der Waals surface area contributed by atoms with Gasteiger partial charge < -0.3 is 5.32 Å². The Balaban J connectivity index is 2.44. The molecule has 0 fully saturated rings. The van der Waals surface area contributed by atoms with Crippen molar-refractivity contribution in [3.05, 3.63) is 30.1 Å². The Morgan fingerprint density at radius 2 is 2.12 bits per heavy atom. The Hall–Kier alpha value is -0.740. The molecule has 4 heteroatoms. The maximum absolute atomic E-state index is 13.3. The van der Waals surface area contributed by atoms with E-state index in [4.69, 9.17) is 0 Å². The van der Waals surface area contributed by atoms with Gasteiger partial charge in [0.05, 0.1) is 15.7 Å². The first kappa shape index (κ1) is 13.3. The average molecular weight is 243 g/mol. The van der Waals surface area contributed by atoms with E-state index in [0.29, 0.717) is 16.7 Å². The van der Waals surface area contributed by atoms with Crippen molar-refractivity contribution in [2.24, 2.45) is 0 Å². The van der Waals surface area contributed by atoms with Crippen LogP contribution in [0.25, 0.3) is 0 Å². The van der Waals surface area contributed by atoms with Crippen LogP contribution >= 0.6 is 0 Å². The number of halogens is 1. The maximum Gasteiger partial charge on any atom is 0.139 e. The molecule has 2 unspecified atom stereocenters. The highest BCUT2D eigenvalue weighted by Crippen LogP contribution is 2.13. The van der Waals surface area contributed by atoms with E-state index in [-0.39, 0.29) is 5.82 Å². The standard InChI is InChI=1S/C12H18FNOS/c1-10(14-2)6-5-9-16(15)12-8-4-3-7-11(12)13/h3-4,7-8,10,14H,5-6,9H2,1-2H3. The van der Waals surface area contributed by atoms with Crippen LogP contribution in [0.15, 0.2) is 29.2 Å². The van der Waals surface area contributed by atoms with Crippen LogP contribution in [0.5, 0.6) is 0 Å². The molecule has 0 radical (unpaired) electrons. The molecule has 0 saturated carbocycles. The zero-order chi connectivity index (χ0) is 12.0. The molecular formula is C12H18FNOS. The van der Waals surface area contributed by atoms with E-state index in [1.165, 1.54) is 6.07 Å². The van der Waals surface area contributed by atoms with Gasteiger partial charge >= 0.3 is 0 Å². The maximum atomic E-state index is 13.3. The van der Waals surface area contributed by atoms with E-state index in [1.54, 1.807) is 18.2 Å². The van der Waals surface area contributed by atoms with Crippen LogP contribution in [0.2, 0.25) is 0 Å². The SMILES string of the molecule is CNC(C)CCCS(=O)c1ccccc1F. The van der Waals surface area contributed by atoms with Gasteiger partial charge in [-0.3, -0.25) is 4.21 Å². The van der Waals surface area contributed by atoms with E-state index in [9.17, 15) is 8.60 Å². The highest BCUT2D eigenvalue weighted by Gasteiger charge is 2.09. The van der Waals surface area contributed by atoms with Crippen molar-refractivity contribution < 1.29 is 8.60 Å². The van der Waals surface area contributed by atoms with Gasteiger partial charge in [-0.15, -0.1) is 0 Å². The Kier molecular flexibility index (Phi) is 5.63. The largest absolute Gasteiger partial charge is 0.317 e. The van der Waals surface area contributed by atoms with Gasteiger partial charge in [-0.25, -0.2) is 4.39 Å². The fourth-order valence-electron chi connectivity index (χ4n) is 1.40. The number of hydrogen-bond donors (Lipinski definition) is 1. The summed E-state index contributed by atoms with van der Waals surface area (Å²) in [5.41, 5.74) is 0. The van der Waals surface area contributed by atoms with E-state index < -0.39 is 10.8 Å². The molecule has 1 aromatic carbocycles. The second-order valence-electron chi connectivity index (χ2n) is 3.81. The van der Waals surface area contributed by atoms with Gasteiger partial charge in [0.15, 0.2) is 0 Å². The lowest BCUT2D eigenvalue weighted by Gasteiger charge is -2.09. The quantitative estimate of drug-likeness (QED) is 0.831. The number of rotatable bonds is 6. The molecule has 0 aliphatic heterocycles. The van der Waals surface area contributed by atoms with Gasteiger partial charge in [-0.2, -0.15) is 0 Å². The number of benzene rings is 1. The third-order valence-electron chi connectivity index (χ3n) is 2.54. The highest BCUT2D eigenvalue weighted by atomic mass is 32.2. The van der Waals surface area contributed by atoms with Crippen LogP contribution in [-0.4, -0.2) is 23.1 Å². The molecule has 0 aliphatic rings. The molecule has 0 aromatic heterocycles. The minimum Gasteiger partial charge on any atom is -0.317 e. The average Bonchev–Trinajstić information content (AvgIpc) is 2.29. The molecule has 90 valence electrons. The van der Waals surface area contributed by atoms with Crippen molar-refractivity contribution in [3.63, 3.8) is 0 Å². The predicted octanol–water partition coefficient (Wildman–Crippen LogP) is 2.32. The first-order chi connectivity index (χ1) is 7.65. The zero-order valence-corrected chi connectivity index (χ0v) is 10.5. The van der Waals surface area contributed by atoms with Gasteiger partial charge in [-0.05, 0) is 38.9 Å². The topological polar surface area (TPSA) is 29.1 Å². The molecule has 0 saturated heterocycles. The summed E-state index contributed by atoms with van der Waals surface area (Å²) in [6.45, 7) is 2.08. The van der Waals surface area contributed by atoms with Crippen LogP contribution in [0.4, 0.5) is 4.39 Å². The molecule has 0 aliphatic carbocycles. The third kappa shape index (κ3) is 4.02. The molecule has 1 N–H and O–H groups in total.